The molecule has 0 bridgehead atoms. The van der Waals surface area contributed by atoms with E-state index in [-0.39, 0.29) is 0 Å². The van der Waals surface area contributed by atoms with Crippen LogP contribution in [0.5, 0.6) is 0 Å². The van der Waals surface area contributed by atoms with E-state index in [2.05, 4.69) is 10.2 Å². The van der Waals surface area contributed by atoms with Crippen LogP contribution in [0.3, 0.4) is 0 Å². The fraction of sp³-hybridized carbons (Fsp3) is 0.100. The average Bonchev–Trinajstić information content (AvgIpc) is 2.65. The van der Waals surface area contributed by atoms with Crippen LogP contribution in [0.2, 0.25) is 0 Å². The number of aryl methyl sites for hydroxylation is 1. The first-order chi connectivity index (χ1) is 7.70. The molecule has 0 fully saturated rings. The Hall–Kier alpha value is -2.00. The van der Waals surface area contributed by atoms with Crippen LogP contribution in [0.1, 0.15) is 5.56 Å². The second-order valence-electron chi connectivity index (χ2n) is 3.19. The molecule has 80 valence electrons. The summed E-state index contributed by atoms with van der Waals surface area (Å²) >= 11 is 1.45. The molecule has 1 heterocycles. The molecular weight excluding hydrogens is 222 g/mol. The lowest BCUT2D eigenvalue weighted by atomic mass is 10.2. The molecule has 0 aliphatic rings. The molecule has 0 aliphatic carbocycles. The first kappa shape index (κ1) is 10.5. The molecule has 1 aromatic heterocycles. The molecular formula is C10H9N5S. The van der Waals surface area contributed by atoms with Crippen molar-refractivity contribution in [3.05, 3.63) is 30.1 Å². The van der Waals surface area contributed by atoms with E-state index in [1.165, 1.54) is 11.8 Å². The minimum absolute atomic E-state index is 0.481. The summed E-state index contributed by atoms with van der Waals surface area (Å²) in [4.78, 5) is 0.938. The number of hydrogen-bond acceptors (Lipinski definition) is 5. The fourth-order valence-electron chi connectivity index (χ4n) is 1.18. The summed E-state index contributed by atoms with van der Waals surface area (Å²) in [6.07, 6.45) is 1.63. The van der Waals surface area contributed by atoms with Gasteiger partial charge >= 0.3 is 0 Å². The Morgan fingerprint density at radius 3 is 2.88 bits per heavy atom. The predicted molar refractivity (Wildman–Crippen MR) is 60.7 cm³/mol. The van der Waals surface area contributed by atoms with Crippen LogP contribution >= 0.6 is 11.8 Å². The molecule has 0 spiro atoms. The fourth-order valence-corrected chi connectivity index (χ4v) is 1.99. The zero-order valence-corrected chi connectivity index (χ0v) is 9.40. The molecule has 2 rings (SSSR count). The van der Waals surface area contributed by atoms with Gasteiger partial charge in [-0.25, -0.2) is 0 Å². The molecule has 2 aromatic rings. The van der Waals surface area contributed by atoms with Crippen LogP contribution in [-0.4, -0.2) is 14.8 Å². The molecule has 0 aliphatic heterocycles. The van der Waals surface area contributed by atoms with Gasteiger partial charge in [0.05, 0.1) is 11.3 Å². The van der Waals surface area contributed by atoms with Gasteiger partial charge in [0.25, 0.3) is 0 Å². The Balaban J connectivity index is 2.27. The lowest BCUT2D eigenvalue weighted by molar-refractivity contribution is 0.788. The highest BCUT2D eigenvalue weighted by atomic mass is 32.2. The van der Waals surface area contributed by atoms with E-state index < -0.39 is 0 Å². The van der Waals surface area contributed by atoms with Crippen molar-refractivity contribution in [2.24, 2.45) is 7.05 Å². The number of nitrogens with two attached hydrogens (primary N) is 1. The first-order valence-corrected chi connectivity index (χ1v) is 5.34. The number of nitrogens with zero attached hydrogens (tertiary/aromatic N) is 4. The SMILES string of the molecule is Cn1cnnc1Sc1ccc(C#N)c(N)c1. The molecule has 16 heavy (non-hydrogen) atoms. The van der Waals surface area contributed by atoms with Gasteiger partial charge in [-0.3, -0.25) is 0 Å². The van der Waals surface area contributed by atoms with Gasteiger partial charge in [-0.05, 0) is 30.0 Å². The highest BCUT2D eigenvalue weighted by Crippen LogP contribution is 2.27. The van der Waals surface area contributed by atoms with Crippen LogP contribution in [0, 0.1) is 11.3 Å². The molecule has 0 saturated carbocycles. The van der Waals surface area contributed by atoms with Gasteiger partial charge in [0.2, 0.25) is 0 Å². The summed E-state index contributed by atoms with van der Waals surface area (Å²) in [5, 5.41) is 17.3. The van der Waals surface area contributed by atoms with Crippen molar-refractivity contribution in [1.29, 1.82) is 5.26 Å². The van der Waals surface area contributed by atoms with Crippen molar-refractivity contribution < 1.29 is 0 Å². The predicted octanol–water partition coefficient (Wildman–Crippen LogP) is 1.42. The van der Waals surface area contributed by atoms with Crippen LogP contribution in [0.25, 0.3) is 0 Å². The number of hydrogen-bond donors (Lipinski definition) is 1. The van der Waals surface area contributed by atoms with Crippen LogP contribution in [-0.2, 0) is 7.05 Å². The van der Waals surface area contributed by atoms with Crippen LogP contribution in [0.15, 0.2) is 34.6 Å². The molecule has 0 atom stereocenters. The van der Waals surface area contributed by atoms with Gasteiger partial charge in [-0.2, -0.15) is 5.26 Å². The number of nitrogen functional groups attached to an aromatic ring is 1. The summed E-state index contributed by atoms with van der Waals surface area (Å²) in [6, 6.07) is 7.33. The standard InChI is InChI=1S/C10H9N5S/c1-15-6-13-14-10(15)16-8-3-2-7(5-11)9(12)4-8/h2-4,6H,12H2,1H3. The van der Waals surface area contributed by atoms with E-state index in [9.17, 15) is 0 Å². The van der Waals surface area contributed by atoms with Gasteiger partial charge in [0.1, 0.15) is 12.4 Å². The summed E-state index contributed by atoms with van der Waals surface area (Å²) in [7, 11) is 1.87. The van der Waals surface area contributed by atoms with Gasteiger partial charge < -0.3 is 10.3 Å². The van der Waals surface area contributed by atoms with E-state index in [0.717, 1.165) is 10.1 Å². The lowest BCUT2D eigenvalue weighted by Gasteiger charge is -2.02. The maximum atomic E-state index is 8.75. The Bertz CT molecular complexity index is 555. The van der Waals surface area contributed by atoms with E-state index in [1.54, 1.807) is 18.5 Å². The molecule has 0 saturated heterocycles. The monoisotopic (exact) mass is 231 g/mol. The molecule has 1 aromatic carbocycles. The Labute approximate surface area is 96.9 Å². The van der Waals surface area contributed by atoms with Crippen molar-refractivity contribution in [2.75, 3.05) is 5.73 Å². The van der Waals surface area contributed by atoms with E-state index in [1.807, 2.05) is 23.8 Å². The van der Waals surface area contributed by atoms with Crippen LogP contribution < -0.4 is 5.73 Å². The van der Waals surface area contributed by atoms with Crippen LogP contribution in [0.4, 0.5) is 5.69 Å². The third kappa shape index (κ3) is 1.99. The van der Waals surface area contributed by atoms with Gasteiger partial charge in [0.15, 0.2) is 5.16 Å². The number of benzene rings is 1. The maximum absolute atomic E-state index is 8.75. The molecule has 0 amide bonds. The number of nitriles is 1. The highest BCUT2D eigenvalue weighted by Gasteiger charge is 2.05. The topological polar surface area (TPSA) is 80.5 Å². The largest absolute Gasteiger partial charge is 0.398 e. The van der Waals surface area contributed by atoms with Crippen molar-refractivity contribution in [3.63, 3.8) is 0 Å². The number of aromatic nitrogens is 3. The molecule has 0 unspecified atom stereocenters. The third-order valence-corrected chi connectivity index (χ3v) is 3.06. The smallest absolute Gasteiger partial charge is 0.195 e. The summed E-state index contributed by atoms with van der Waals surface area (Å²) in [5.41, 5.74) is 6.69. The van der Waals surface area contributed by atoms with Crippen molar-refractivity contribution in [2.45, 2.75) is 10.1 Å². The summed E-state index contributed by atoms with van der Waals surface area (Å²) in [5.74, 6) is 0. The van der Waals surface area contributed by atoms with E-state index >= 15 is 0 Å². The van der Waals surface area contributed by atoms with E-state index in [4.69, 9.17) is 11.0 Å². The minimum atomic E-state index is 0.481. The third-order valence-electron chi connectivity index (χ3n) is 2.02. The first-order valence-electron chi connectivity index (χ1n) is 4.52. The average molecular weight is 231 g/mol. The second-order valence-corrected chi connectivity index (χ2v) is 4.23. The number of rotatable bonds is 2. The highest BCUT2D eigenvalue weighted by molar-refractivity contribution is 7.99. The maximum Gasteiger partial charge on any atom is 0.195 e. The van der Waals surface area contributed by atoms with E-state index in [0.29, 0.717) is 11.3 Å². The molecule has 0 radical (unpaired) electrons. The normalized spacial score (nSPS) is 10.0. The minimum Gasteiger partial charge on any atom is -0.398 e. The summed E-state index contributed by atoms with van der Waals surface area (Å²) < 4.78 is 1.82. The summed E-state index contributed by atoms with van der Waals surface area (Å²) in [6.45, 7) is 0. The van der Waals surface area contributed by atoms with Gasteiger partial charge in [-0.15, -0.1) is 10.2 Å². The van der Waals surface area contributed by atoms with Gasteiger partial charge in [0, 0.05) is 11.9 Å². The Morgan fingerprint density at radius 2 is 2.31 bits per heavy atom. The van der Waals surface area contributed by atoms with Crippen molar-refractivity contribution in [3.8, 4) is 6.07 Å². The van der Waals surface area contributed by atoms with Gasteiger partial charge in [-0.1, -0.05) is 0 Å². The zero-order valence-electron chi connectivity index (χ0n) is 8.58. The molecule has 5 nitrogen and oxygen atoms in total. The Morgan fingerprint density at radius 1 is 1.50 bits per heavy atom. The number of anilines is 1. The molecule has 2 N–H and O–H groups in total. The second kappa shape index (κ2) is 4.24. The molecule has 6 heteroatoms. The van der Waals surface area contributed by atoms with Crippen molar-refractivity contribution in [1.82, 2.24) is 14.8 Å². The zero-order chi connectivity index (χ0) is 11.5. The van der Waals surface area contributed by atoms with Crippen molar-refractivity contribution >= 4 is 17.4 Å². The lowest BCUT2D eigenvalue weighted by Crippen LogP contribution is -1.92. The Kier molecular flexibility index (Phi) is 2.79. The quantitative estimate of drug-likeness (QED) is 0.790.